The first kappa shape index (κ1) is 31.2. The minimum Gasteiger partial charge on any atom is -0.497 e. The van der Waals surface area contributed by atoms with E-state index in [-0.39, 0.29) is 18.1 Å². The van der Waals surface area contributed by atoms with Gasteiger partial charge in [0.1, 0.15) is 24.1 Å². The van der Waals surface area contributed by atoms with Gasteiger partial charge < -0.3 is 23.8 Å². The number of halogens is 1. The van der Waals surface area contributed by atoms with Gasteiger partial charge in [-0.3, -0.25) is 14.2 Å². The first-order valence-electron chi connectivity index (χ1n) is 13.2. The van der Waals surface area contributed by atoms with Crippen molar-refractivity contribution in [1.29, 1.82) is 0 Å². The molecule has 9 nitrogen and oxygen atoms in total. The lowest BCUT2D eigenvalue weighted by Gasteiger charge is -2.30. The van der Waals surface area contributed by atoms with Crippen LogP contribution in [0.1, 0.15) is 37.9 Å². The number of allylic oxidation sites excluding steroid dienone is 1. The number of ether oxygens (including phenoxy) is 4. The number of carbonyl (C=O) groups excluding carboxylic acids is 1. The van der Waals surface area contributed by atoms with Crippen LogP contribution in [0.5, 0.6) is 23.0 Å². The van der Waals surface area contributed by atoms with Gasteiger partial charge in [0.15, 0.2) is 16.3 Å². The molecule has 0 fully saturated rings. The molecular weight excluding hydrogens is 669 g/mol. The predicted molar refractivity (Wildman–Crippen MR) is 171 cm³/mol. The summed E-state index contributed by atoms with van der Waals surface area (Å²) in [5.41, 5.74) is 2.03. The molecule has 1 aliphatic heterocycles. The Hall–Kier alpha value is -3.76. The number of rotatable bonds is 10. The summed E-state index contributed by atoms with van der Waals surface area (Å²) in [6.07, 6.45) is 7.14. The highest BCUT2D eigenvalue weighted by molar-refractivity contribution is 14.1. The van der Waals surface area contributed by atoms with Crippen molar-refractivity contribution in [2.45, 2.75) is 26.8 Å². The highest BCUT2D eigenvalue weighted by Gasteiger charge is 2.36. The van der Waals surface area contributed by atoms with E-state index in [1.807, 2.05) is 19.9 Å². The Kier molecular flexibility index (Phi) is 10.0. The molecule has 2 heterocycles. The summed E-state index contributed by atoms with van der Waals surface area (Å²) < 4.78 is 25.2. The van der Waals surface area contributed by atoms with Crippen LogP contribution in [0.3, 0.4) is 0 Å². The maximum Gasteiger partial charge on any atom is 0.271 e. The van der Waals surface area contributed by atoms with E-state index < -0.39 is 6.04 Å². The van der Waals surface area contributed by atoms with E-state index in [2.05, 4.69) is 28.5 Å². The lowest BCUT2D eigenvalue weighted by Crippen LogP contribution is -2.43. The van der Waals surface area contributed by atoms with Crippen molar-refractivity contribution in [3.05, 3.63) is 76.0 Å². The van der Waals surface area contributed by atoms with E-state index in [1.54, 1.807) is 68.1 Å². The van der Waals surface area contributed by atoms with Crippen molar-refractivity contribution in [3.63, 3.8) is 0 Å². The topological polar surface area (TPSA) is 91.6 Å². The molecule has 0 saturated heterocycles. The van der Waals surface area contributed by atoms with Gasteiger partial charge in [0.05, 0.1) is 40.7 Å². The summed E-state index contributed by atoms with van der Waals surface area (Å²) in [6, 6.07) is 8.25. The van der Waals surface area contributed by atoms with Crippen LogP contribution in [0.25, 0.3) is 6.08 Å². The van der Waals surface area contributed by atoms with Crippen LogP contribution >= 0.6 is 33.9 Å². The molecule has 1 atom stereocenters. The summed E-state index contributed by atoms with van der Waals surface area (Å²) >= 11 is 3.40. The number of terminal acetylenes is 1. The number of aromatic nitrogens is 1. The number of nitrogens with zero attached hydrogens (tertiary/aromatic N) is 3. The number of benzene rings is 2. The van der Waals surface area contributed by atoms with E-state index in [0.29, 0.717) is 62.3 Å². The van der Waals surface area contributed by atoms with E-state index >= 15 is 0 Å². The molecule has 0 N–H and O–H groups in total. The molecule has 0 saturated carbocycles. The maximum atomic E-state index is 14.2. The molecule has 11 heteroatoms. The third kappa shape index (κ3) is 5.91. The molecule has 0 spiro atoms. The minimum atomic E-state index is -0.782. The van der Waals surface area contributed by atoms with Crippen molar-refractivity contribution in [2.24, 2.45) is 4.99 Å². The molecular formula is C31H32IN3O6S. The first-order valence-corrected chi connectivity index (χ1v) is 15.1. The molecule has 1 aliphatic rings. The summed E-state index contributed by atoms with van der Waals surface area (Å²) in [4.78, 5) is 35.0. The lowest BCUT2D eigenvalue weighted by molar-refractivity contribution is -0.127. The molecule has 0 radical (unpaired) electrons. The molecule has 0 bridgehead atoms. The second-order valence-corrected chi connectivity index (χ2v) is 11.4. The maximum absolute atomic E-state index is 14.2. The Morgan fingerprint density at radius 3 is 2.48 bits per heavy atom. The van der Waals surface area contributed by atoms with Gasteiger partial charge in [-0.25, -0.2) is 4.99 Å². The summed E-state index contributed by atoms with van der Waals surface area (Å²) in [5, 5.41) is 0. The third-order valence-corrected chi connectivity index (χ3v) is 8.67. The van der Waals surface area contributed by atoms with Crippen LogP contribution in [-0.2, 0) is 4.79 Å². The third-order valence-electron chi connectivity index (χ3n) is 6.88. The van der Waals surface area contributed by atoms with Crippen LogP contribution in [0.15, 0.2) is 51.4 Å². The second-order valence-electron chi connectivity index (χ2n) is 9.19. The van der Waals surface area contributed by atoms with Crippen LogP contribution in [0, 0.1) is 15.9 Å². The normalized spacial score (nSPS) is 14.5. The number of thiazole rings is 1. The van der Waals surface area contributed by atoms with Gasteiger partial charge in [-0.15, -0.1) is 6.42 Å². The van der Waals surface area contributed by atoms with Gasteiger partial charge in [0, 0.05) is 18.7 Å². The van der Waals surface area contributed by atoms with Crippen LogP contribution in [0.2, 0.25) is 0 Å². The quantitative estimate of drug-likeness (QED) is 0.237. The SMILES string of the molecule is C#CCOc1c(I)cc(/C=c2/sc3n(c2=O)[C@H](c2cc(OC)ccc2OC)C(C(=O)N(CC)CC)=C(C)N=3)cc1OC. The zero-order chi connectivity index (χ0) is 30.6. The number of likely N-dealkylation sites (N-methyl/N-ethyl adjacent to an activating group) is 1. The van der Waals surface area contributed by atoms with Crippen molar-refractivity contribution in [3.8, 4) is 35.3 Å². The highest BCUT2D eigenvalue weighted by atomic mass is 127. The molecule has 1 amide bonds. The molecule has 4 rings (SSSR count). The van der Waals surface area contributed by atoms with Gasteiger partial charge in [-0.1, -0.05) is 17.3 Å². The number of carbonyl (C=O) groups is 1. The van der Waals surface area contributed by atoms with Gasteiger partial charge in [0.2, 0.25) is 0 Å². The molecule has 42 heavy (non-hydrogen) atoms. The van der Waals surface area contributed by atoms with Gasteiger partial charge in [-0.05, 0) is 85.3 Å². The van der Waals surface area contributed by atoms with Gasteiger partial charge >= 0.3 is 0 Å². The smallest absolute Gasteiger partial charge is 0.271 e. The number of hydrogen-bond donors (Lipinski definition) is 0. The first-order chi connectivity index (χ1) is 20.2. The fourth-order valence-electron chi connectivity index (χ4n) is 4.85. The fourth-order valence-corrected chi connectivity index (χ4v) is 6.68. The minimum absolute atomic E-state index is 0.103. The monoisotopic (exact) mass is 701 g/mol. The number of amides is 1. The summed E-state index contributed by atoms with van der Waals surface area (Å²) in [6.45, 7) is 6.78. The molecule has 3 aromatic rings. The van der Waals surface area contributed by atoms with E-state index in [0.717, 1.165) is 9.13 Å². The number of methoxy groups -OCH3 is 3. The second kappa shape index (κ2) is 13.5. The van der Waals surface area contributed by atoms with Crippen LogP contribution in [-0.4, -0.2) is 56.4 Å². The van der Waals surface area contributed by atoms with E-state index in [9.17, 15) is 9.59 Å². The molecule has 0 unspecified atom stereocenters. The predicted octanol–water partition coefficient (Wildman–Crippen LogP) is 3.75. The Morgan fingerprint density at radius 1 is 1.14 bits per heavy atom. The van der Waals surface area contributed by atoms with Crippen LogP contribution < -0.4 is 33.8 Å². The average molecular weight is 702 g/mol. The van der Waals surface area contributed by atoms with E-state index in [4.69, 9.17) is 30.4 Å². The van der Waals surface area contributed by atoms with Crippen molar-refractivity contribution in [1.82, 2.24) is 9.47 Å². The van der Waals surface area contributed by atoms with Crippen LogP contribution in [0.4, 0.5) is 0 Å². The lowest BCUT2D eigenvalue weighted by atomic mass is 9.93. The molecule has 220 valence electrons. The standard InChI is InChI=1S/C31H32IN3O6S/c1-8-13-41-28-22(32)14-19(15-24(28)40-7)16-25-29(36)35-27(21-17-20(38-5)11-12-23(21)39-6)26(18(4)33-31(35)42-25)30(37)34(9-2)10-3/h1,11-12,14-17,27H,9-10,13H2,2-7H3/b25-16+/t27-/m1/s1. The van der Waals surface area contributed by atoms with Gasteiger partial charge in [0.25, 0.3) is 11.5 Å². The van der Waals surface area contributed by atoms with Gasteiger partial charge in [-0.2, -0.15) is 0 Å². The molecule has 2 aromatic carbocycles. The zero-order valence-corrected chi connectivity index (χ0v) is 27.3. The summed E-state index contributed by atoms with van der Waals surface area (Å²) in [5.74, 6) is 4.40. The Bertz CT molecular complexity index is 1760. The number of hydrogen-bond acceptors (Lipinski definition) is 8. The van der Waals surface area contributed by atoms with Crippen molar-refractivity contribution < 1.29 is 23.7 Å². The summed E-state index contributed by atoms with van der Waals surface area (Å²) in [7, 11) is 4.67. The number of fused-ring (bicyclic) bond motifs is 1. The Balaban J connectivity index is 1.98. The zero-order valence-electron chi connectivity index (χ0n) is 24.3. The Labute approximate surface area is 262 Å². The highest BCUT2D eigenvalue weighted by Crippen LogP contribution is 2.38. The van der Waals surface area contributed by atoms with Crippen molar-refractivity contribution in [2.75, 3.05) is 41.0 Å². The molecule has 0 aliphatic carbocycles. The average Bonchev–Trinajstić information content (AvgIpc) is 3.29. The largest absolute Gasteiger partial charge is 0.497 e. The van der Waals surface area contributed by atoms with Crippen molar-refractivity contribution >= 4 is 45.9 Å². The fraction of sp³-hybridized carbons (Fsp3) is 0.323. The van der Waals surface area contributed by atoms with E-state index in [1.165, 1.54) is 11.3 Å². The Morgan fingerprint density at radius 2 is 1.86 bits per heavy atom. The molecule has 1 aromatic heterocycles.